The number of rotatable bonds is 2. The highest BCUT2D eigenvalue weighted by Crippen LogP contribution is 2.19. The number of anilines is 1. The van der Waals surface area contributed by atoms with E-state index in [0.29, 0.717) is 11.1 Å². The fraction of sp³-hybridized carbons (Fsp3) is 0.188. The molecule has 1 N–H and O–H groups in total. The lowest BCUT2D eigenvalue weighted by molar-refractivity contribution is 0.102. The minimum atomic E-state index is -0.142. The Hall–Kier alpha value is -2.69. The Morgan fingerprint density at radius 3 is 2.81 bits per heavy atom. The summed E-state index contributed by atoms with van der Waals surface area (Å²) in [5.41, 5.74) is 5.25. The Morgan fingerprint density at radius 1 is 1.19 bits per heavy atom. The Morgan fingerprint density at radius 2 is 2.00 bits per heavy atom. The molecule has 0 aliphatic carbocycles. The van der Waals surface area contributed by atoms with Gasteiger partial charge in [-0.25, -0.2) is 4.68 Å². The number of carbonyl (C=O) groups is 1. The molecule has 5 heteroatoms. The average Bonchev–Trinajstić information content (AvgIpc) is 2.85. The van der Waals surface area contributed by atoms with Gasteiger partial charge >= 0.3 is 0 Å². The van der Waals surface area contributed by atoms with Crippen molar-refractivity contribution >= 4 is 22.6 Å². The number of amides is 1. The lowest BCUT2D eigenvalue weighted by Gasteiger charge is -2.10. The molecule has 1 aromatic heterocycles. The Balaban J connectivity index is 1.91. The number of nitrogens with zero attached hydrogens (tertiary/aromatic N) is 3. The number of aromatic nitrogens is 3. The number of nitrogens with one attached hydrogen (secondary N) is 1. The van der Waals surface area contributed by atoms with Crippen LogP contribution in [0.2, 0.25) is 0 Å². The number of hydrogen-bond acceptors (Lipinski definition) is 3. The average molecular weight is 280 g/mol. The van der Waals surface area contributed by atoms with E-state index < -0.39 is 0 Å². The van der Waals surface area contributed by atoms with Gasteiger partial charge in [0.05, 0.1) is 5.52 Å². The van der Waals surface area contributed by atoms with Crippen LogP contribution in [0.1, 0.15) is 21.5 Å². The highest BCUT2D eigenvalue weighted by atomic mass is 16.1. The van der Waals surface area contributed by atoms with E-state index in [9.17, 15) is 4.79 Å². The summed E-state index contributed by atoms with van der Waals surface area (Å²) in [6.45, 7) is 4.02. The first kappa shape index (κ1) is 13.3. The maximum absolute atomic E-state index is 12.4. The number of aryl methyl sites for hydroxylation is 2. The quantitative estimate of drug-likeness (QED) is 0.785. The first-order valence-corrected chi connectivity index (χ1v) is 6.73. The summed E-state index contributed by atoms with van der Waals surface area (Å²) in [7, 11) is 1.82. The lowest BCUT2D eigenvalue weighted by atomic mass is 10.1. The molecule has 0 saturated carbocycles. The minimum absolute atomic E-state index is 0.142. The van der Waals surface area contributed by atoms with Gasteiger partial charge < -0.3 is 5.32 Å². The third kappa shape index (κ3) is 2.38. The van der Waals surface area contributed by atoms with E-state index in [1.807, 2.05) is 45.2 Å². The van der Waals surface area contributed by atoms with E-state index in [2.05, 4.69) is 15.6 Å². The zero-order valence-electron chi connectivity index (χ0n) is 12.2. The van der Waals surface area contributed by atoms with Gasteiger partial charge in [-0.15, -0.1) is 5.10 Å². The number of benzene rings is 2. The maximum Gasteiger partial charge on any atom is 0.255 e. The third-order valence-electron chi connectivity index (χ3n) is 3.73. The summed E-state index contributed by atoms with van der Waals surface area (Å²) >= 11 is 0. The Labute approximate surface area is 122 Å². The molecule has 2 aromatic carbocycles. The van der Waals surface area contributed by atoms with Crippen LogP contribution < -0.4 is 5.32 Å². The number of carbonyl (C=O) groups excluding carboxylic acids is 1. The molecule has 0 saturated heterocycles. The van der Waals surface area contributed by atoms with Crippen molar-refractivity contribution in [2.75, 3.05) is 5.32 Å². The largest absolute Gasteiger partial charge is 0.322 e. The molecule has 0 aliphatic rings. The summed E-state index contributed by atoms with van der Waals surface area (Å²) < 4.78 is 1.68. The van der Waals surface area contributed by atoms with Crippen molar-refractivity contribution in [1.29, 1.82) is 0 Å². The van der Waals surface area contributed by atoms with Gasteiger partial charge in [-0.3, -0.25) is 4.79 Å². The van der Waals surface area contributed by atoms with Crippen molar-refractivity contribution < 1.29 is 4.79 Å². The first-order chi connectivity index (χ1) is 10.1. The minimum Gasteiger partial charge on any atom is -0.322 e. The second kappa shape index (κ2) is 5.01. The van der Waals surface area contributed by atoms with Crippen LogP contribution in [0.4, 0.5) is 5.69 Å². The molecule has 3 rings (SSSR count). The molecule has 0 spiro atoms. The monoisotopic (exact) mass is 280 g/mol. The van der Waals surface area contributed by atoms with Crippen LogP contribution in [0, 0.1) is 13.8 Å². The van der Waals surface area contributed by atoms with Crippen LogP contribution in [0.25, 0.3) is 11.0 Å². The fourth-order valence-corrected chi connectivity index (χ4v) is 2.26. The summed E-state index contributed by atoms with van der Waals surface area (Å²) in [4.78, 5) is 12.4. The lowest BCUT2D eigenvalue weighted by Crippen LogP contribution is -2.13. The van der Waals surface area contributed by atoms with Gasteiger partial charge in [0.25, 0.3) is 5.91 Å². The number of hydrogen-bond donors (Lipinski definition) is 1. The Bertz CT molecular complexity index is 835. The van der Waals surface area contributed by atoms with E-state index in [0.717, 1.165) is 22.3 Å². The number of fused-ring (bicyclic) bond motifs is 1. The molecule has 3 aromatic rings. The molecule has 106 valence electrons. The predicted molar refractivity (Wildman–Crippen MR) is 82.4 cm³/mol. The molecular weight excluding hydrogens is 264 g/mol. The fourth-order valence-electron chi connectivity index (χ4n) is 2.26. The SMILES string of the molecule is Cc1cccc(NC(=O)c2ccc3c(c2)nnn3C)c1C. The van der Waals surface area contributed by atoms with Gasteiger partial charge in [-0.1, -0.05) is 17.3 Å². The molecule has 0 bridgehead atoms. The van der Waals surface area contributed by atoms with E-state index in [-0.39, 0.29) is 5.91 Å². The van der Waals surface area contributed by atoms with Gasteiger partial charge in [-0.05, 0) is 49.2 Å². The second-order valence-electron chi connectivity index (χ2n) is 5.12. The summed E-state index contributed by atoms with van der Waals surface area (Å²) in [5.74, 6) is -0.142. The predicted octanol–water partition coefficient (Wildman–Crippen LogP) is 2.84. The van der Waals surface area contributed by atoms with Crippen molar-refractivity contribution in [3.63, 3.8) is 0 Å². The molecule has 0 atom stereocenters. The first-order valence-electron chi connectivity index (χ1n) is 6.73. The van der Waals surface area contributed by atoms with Crippen LogP contribution in [-0.4, -0.2) is 20.9 Å². The third-order valence-corrected chi connectivity index (χ3v) is 3.73. The normalized spacial score (nSPS) is 10.8. The van der Waals surface area contributed by atoms with Gasteiger partial charge in [0.2, 0.25) is 0 Å². The van der Waals surface area contributed by atoms with Crippen LogP contribution in [0.3, 0.4) is 0 Å². The molecule has 1 amide bonds. The van der Waals surface area contributed by atoms with Crippen molar-refractivity contribution in [2.24, 2.45) is 7.05 Å². The summed E-state index contributed by atoms with van der Waals surface area (Å²) in [5, 5.41) is 10.9. The van der Waals surface area contributed by atoms with Crippen molar-refractivity contribution in [1.82, 2.24) is 15.0 Å². The summed E-state index contributed by atoms with van der Waals surface area (Å²) in [6.07, 6.45) is 0. The van der Waals surface area contributed by atoms with E-state index in [4.69, 9.17) is 0 Å². The molecule has 0 radical (unpaired) electrons. The zero-order valence-corrected chi connectivity index (χ0v) is 12.2. The highest BCUT2D eigenvalue weighted by molar-refractivity contribution is 6.06. The molecule has 21 heavy (non-hydrogen) atoms. The van der Waals surface area contributed by atoms with Crippen LogP contribution >= 0.6 is 0 Å². The zero-order chi connectivity index (χ0) is 15.0. The van der Waals surface area contributed by atoms with E-state index >= 15 is 0 Å². The topological polar surface area (TPSA) is 59.8 Å². The molecule has 0 aliphatic heterocycles. The van der Waals surface area contributed by atoms with E-state index in [1.54, 1.807) is 16.8 Å². The molecule has 0 unspecified atom stereocenters. The molecule has 1 heterocycles. The van der Waals surface area contributed by atoms with Crippen molar-refractivity contribution in [2.45, 2.75) is 13.8 Å². The molecule has 5 nitrogen and oxygen atoms in total. The Kier molecular flexibility index (Phi) is 3.17. The standard InChI is InChI=1S/C16H16N4O/c1-10-5-4-6-13(11(10)2)17-16(21)12-7-8-15-14(9-12)18-19-20(15)3/h4-9H,1-3H3,(H,17,21). The van der Waals surface area contributed by atoms with Gasteiger partial charge in [0, 0.05) is 18.3 Å². The molecular formula is C16H16N4O. The van der Waals surface area contributed by atoms with Crippen molar-refractivity contribution in [3.8, 4) is 0 Å². The van der Waals surface area contributed by atoms with Crippen LogP contribution in [0.5, 0.6) is 0 Å². The van der Waals surface area contributed by atoms with Crippen LogP contribution in [-0.2, 0) is 7.05 Å². The van der Waals surface area contributed by atoms with E-state index in [1.165, 1.54) is 0 Å². The van der Waals surface area contributed by atoms with Gasteiger partial charge in [-0.2, -0.15) is 0 Å². The second-order valence-corrected chi connectivity index (χ2v) is 5.12. The highest BCUT2D eigenvalue weighted by Gasteiger charge is 2.11. The smallest absolute Gasteiger partial charge is 0.255 e. The van der Waals surface area contributed by atoms with Gasteiger partial charge in [0.15, 0.2) is 0 Å². The van der Waals surface area contributed by atoms with Gasteiger partial charge in [0.1, 0.15) is 5.52 Å². The molecule has 0 fully saturated rings. The van der Waals surface area contributed by atoms with Crippen LogP contribution in [0.15, 0.2) is 36.4 Å². The summed E-state index contributed by atoms with van der Waals surface area (Å²) in [6, 6.07) is 11.3. The maximum atomic E-state index is 12.4. The van der Waals surface area contributed by atoms with Crippen molar-refractivity contribution in [3.05, 3.63) is 53.1 Å².